The quantitative estimate of drug-likeness (QED) is 0.778. The van der Waals surface area contributed by atoms with Crippen LogP contribution in [0.25, 0.3) is 5.69 Å². The second kappa shape index (κ2) is 6.66. The minimum absolute atomic E-state index is 0.0386. The van der Waals surface area contributed by atoms with Gasteiger partial charge in [-0.25, -0.2) is 14.6 Å². The van der Waals surface area contributed by atoms with Gasteiger partial charge in [-0.15, -0.1) is 0 Å². The molecule has 0 radical (unpaired) electrons. The number of rotatable bonds is 5. The van der Waals surface area contributed by atoms with Crippen molar-refractivity contribution < 1.29 is 4.79 Å². The summed E-state index contributed by atoms with van der Waals surface area (Å²) in [6, 6.07) is 7.79. The summed E-state index contributed by atoms with van der Waals surface area (Å²) < 4.78 is 3.54. The lowest BCUT2D eigenvalue weighted by molar-refractivity contribution is -0.122. The molecule has 1 unspecified atom stereocenters. The maximum absolute atomic E-state index is 12.2. The van der Waals surface area contributed by atoms with Crippen molar-refractivity contribution in [3.05, 3.63) is 60.2 Å². The van der Waals surface area contributed by atoms with Crippen LogP contribution >= 0.6 is 0 Å². The Hall–Kier alpha value is -2.96. The predicted octanol–water partition coefficient (Wildman–Crippen LogP) is 1.96. The molecule has 0 aliphatic carbocycles. The number of aromatic nitrogens is 5. The minimum Gasteiger partial charge on any atom is -0.348 e. The van der Waals surface area contributed by atoms with Gasteiger partial charge in [0.05, 0.1) is 23.8 Å². The molecule has 1 N–H and O–H groups in total. The van der Waals surface area contributed by atoms with Gasteiger partial charge in [0.15, 0.2) is 0 Å². The number of amides is 1. The zero-order valence-corrected chi connectivity index (χ0v) is 14.0. The highest BCUT2D eigenvalue weighted by molar-refractivity contribution is 5.76. The van der Waals surface area contributed by atoms with Crippen LogP contribution in [-0.2, 0) is 11.3 Å². The molecule has 1 amide bonds. The van der Waals surface area contributed by atoms with Crippen LogP contribution in [-0.4, -0.2) is 30.2 Å². The van der Waals surface area contributed by atoms with Crippen LogP contribution in [0.15, 0.2) is 43.2 Å². The number of benzene rings is 1. The lowest BCUT2D eigenvalue weighted by atomic mass is 10.1. The molecule has 124 valence electrons. The SMILES string of the molecule is Cc1ncn(CC(=O)NC(C)c2ccc(-n3cncn3)cc2)c1C. The first kappa shape index (κ1) is 15.9. The molecule has 0 spiro atoms. The van der Waals surface area contributed by atoms with Crippen molar-refractivity contribution in [2.75, 3.05) is 0 Å². The van der Waals surface area contributed by atoms with E-state index >= 15 is 0 Å². The number of hydrogen-bond donors (Lipinski definition) is 1. The van der Waals surface area contributed by atoms with E-state index < -0.39 is 0 Å². The molecule has 0 saturated carbocycles. The van der Waals surface area contributed by atoms with E-state index in [0.717, 1.165) is 22.6 Å². The molecule has 1 atom stereocenters. The Kier molecular flexibility index (Phi) is 4.41. The summed E-state index contributed by atoms with van der Waals surface area (Å²) in [6.07, 6.45) is 4.84. The van der Waals surface area contributed by atoms with Crippen LogP contribution in [0.2, 0.25) is 0 Å². The first-order chi connectivity index (χ1) is 11.5. The zero-order chi connectivity index (χ0) is 17.1. The predicted molar refractivity (Wildman–Crippen MR) is 89.6 cm³/mol. The first-order valence-corrected chi connectivity index (χ1v) is 7.77. The molecule has 24 heavy (non-hydrogen) atoms. The molecular weight excluding hydrogens is 304 g/mol. The van der Waals surface area contributed by atoms with Crippen molar-refractivity contribution in [3.63, 3.8) is 0 Å². The van der Waals surface area contributed by atoms with E-state index in [1.165, 1.54) is 6.33 Å². The molecule has 0 saturated heterocycles. The third-order valence-electron chi connectivity index (χ3n) is 4.11. The number of carbonyl (C=O) groups excluding carboxylic acids is 1. The number of imidazole rings is 1. The van der Waals surface area contributed by atoms with Crippen molar-refractivity contribution in [1.29, 1.82) is 0 Å². The van der Waals surface area contributed by atoms with Crippen molar-refractivity contribution >= 4 is 5.91 Å². The van der Waals surface area contributed by atoms with E-state index in [1.807, 2.05) is 49.6 Å². The van der Waals surface area contributed by atoms with Crippen LogP contribution in [0.1, 0.15) is 29.9 Å². The fourth-order valence-corrected chi connectivity index (χ4v) is 2.49. The van der Waals surface area contributed by atoms with E-state index in [9.17, 15) is 4.79 Å². The average Bonchev–Trinajstić information content (AvgIpc) is 3.21. The number of aryl methyl sites for hydroxylation is 1. The second-order valence-electron chi connectivity index (χ2n) is 5.76. The second-order valence-corrected chi connectivity index (χ2v) is 5.76. The van der Waals surface area contributed by atoms with Crippen LogP contribution in [0.3, 0.4) is 0 Å². The van der Waals surface area contributed by atoms with Gasteiger partial charge in [0.25, 0.3) is 0 Å². The van der Waals surface area contributed by atoms with Gasteiger partial charge in [-0.3, -0.25) is 4.79 Å². The molecule has 0 aliphatic rings. The molecule has 0 fully saturated rings. The Morgan fingerprint density at radius 1 is 1.21 bits per heavy atom. The average molecular weight is 324 g/mol. The van der Waals surface area contributed by atoms with Crippen molar-refractivity contribution in [3.8, 4) is 5.69 Å². The van der Waals surface area contributed by atoms with E-state index in [1.54, 1.807) is 17.3 Å². The van der Waals surface area contributed by atoms with E-state index in [4.69, 9.17) is 0 Å². The number of hydrogen-bond acceptors (Lipinski definition) is 4. The van der Waals surface area contributed by atoms with Crippen molar-refractivity contribution in [1.82, 2.24) is 29.6 Å². The third-order valence-corrected chi connectivity index (χ3v) is 4.11. The molecule has 7 heteroatoms. The topological polar surface area (TPSA) is 77.6 Å². The summed E-state index contributed by atoms with van der Waals surface area (Å²) in [6.45, 7) is 6.13. The number of carbonyl (C=O) groups is 1. The van der Waals surface area contributed by atoms with Crippen LogP contribution < -0.4 is 5.32 Å². The van der Waals surface area contributed by atoms with Crippen LogP contribution in [0, 0.1) is 13.8 Å². The standard InChI is InChI=1S/C17H20N6O/c1-12-14(3)22(11-19-12)8-17(24)21-13(2)15-4-6-16(7-5-15)23-10-18-9-20-23/h4-7,9-11,13H,8H2,1-3H3,(H,21,24). The Labute approximate surface area is 140 Å². The molecule has 1 aromatic carbocycles. The lowest BCUT2D eigenvalue weighted by Crippen LogP contribution is -2.30. The van der Waals surface area contributed by atoms with Gasteiger partial charge >= 0.3 is 0 Å². The molecule has 2 aromatic heterocycles. The normalized spacial score (nSPS) is 12.1. The monoisotopic (exact) mass is 324 g/mol. The third kappa shape index (κ3) is 3.34. The minimum atomic E-state index is -0.0766. The van der Waals surface area contributed by atoms with E-state index in [0.29, 0.717) is 0 Å². The summed E-state index contributed by atoms with van der Waals surface area (Å²) >= 11 is 0. The Morgan fingerprint density at radius 2 is 1.96 bits per heavy atom. The number of nitrogens with zero attached hydrogens (tertiary/aromatic N) is 5. The summed E-state index contributed by atoms with van der Waals surface area (Å²) in [7, 11) is 0. The van der Waals surface area contributed by atoms with Gasteiger partial charge in [-0.05, 0) is 38.5 Å². The van der Waals surface area contributed by atoms with Gasteiger partial charge < -0.3 is 9.88 Å². The zero-order valence-electron chi connectivity index (χ0n) is 14.0. The van der Waals surface area contributed by atoms with Gasteiger partial charge in [0.1, 0.15) is 19.2 Å². The van der Waals surface area contributed by atoms with Gasteiger partial charge in [0, 0.05) is 5.69 Å². The van der Waals surface area contributed by atoms with Crippen molar-refractivity contribution in [2.24, 2.45) is 0 Å². The molecule has 7 nitrogen and oxygen atoms in total. The summed E-state index contributed by atoms with van der Waals surface area (Å²) in [5, 5.41) is 7.11. The fraction of sp³-hybridized carbons (Fsp3) is 0.294. The fourth-order valence-electron chi connectivity index (χ4n) is 2.49. The number of nitrogens with one attached hydrogen (secondary N) is 1. The highest BCUT2D eigenvalue weighted by atomic mass is 16.2. The maximum atomic E-state index is 12.2. The Bertz CT molecular complexity index is 819. The molecule has 3 aromatic rings. The first-order valence-electron chi connectivity index (χ1n) is 7.77. The Morgan fingerprint density at radius 3 is 2.54 bits per heavy atom. The molecule has 2 heterocycles. The van der Waals surface area contributed by atoms with Crippen molar-refractivity contribution in [2.45, 2.75) is 33.4 Å². The van der Waals surface area contributed by atoms with E-state index in [-0.39, 0.29) is 18.5 Å². The summed E-state index contributed by atoms with van der Waals surface area (Å²) in [5.74, 6) is -0.0386. The molecular formula is C17H20N6O. The molecule has 0 aliphatic heterocycles. The Balaban J connectivity index is 1.63. The summed E-state index contributed by atoms with van der Waals surface area (Å²) in [5.41, 5.74) is 3.92. The van der Waals surface area contributed by atoms with E-state index in [2.05, 4.69) is 20.4 Å². The van der Waals surface area contributed by atoms with Crippen LogP contribution in [0.5, 0.6) is 0 Å². The smallest absolute Gasteiger partial charge is 0.240 e. The highest BCUT2D eigenvalue weighted by Crippen LogP contribution is 2.15. The van der Waals surface area contributed by atoms with Gasteiger partial charge in [-0.1, -0.05) is 12.1 Å². The largest absolute Gasteiger partial charge is 0.348 e. The van der Waals surface area contributed by atoms with Gasteiger partial charge in [0.2, 0.25) is 5.91 Å². The van der Waals surface area contributed by atoms with Crippen LogP contribution in [0.4, 0.5) is 0 Å². The lowest BCUT2D eigenvalue weighted by Gasteiger charge is -2.15. The maximum Gasteiger partial charge on any atom is 0.240 e. The highest BCUT2D eigenvalue weighted by Gasteiger charge is 2.12. The molecule has 0 bridgehead atoms. The van der Waals surface area contributed by atoms with Gasteiger partial charge in [-0.2, -0.15) is 5.10 Å². The molecule has 3 rings (SSSR count). The summed E-state index contributed by atoms with van der Waals surface area (Å²) in [4.78, 5) is 20.4.